The normalized spacial score (nSPS) is 26.3. The van der Waals surface area contributed by atoms with Gasteiger partial charge in [0.25, 0.3) is 0 Å². The average Bonchev–Trinajstić information content (AvgIpc) is 2.83. The minimum atomic E-state index is -1.28. The van der Waals surface area contributed by atoms with Gasteiger partial charge in [-0.3, -0.25) is 4.90 Å². The average molecular weight is 301 g/mol. The lowest BCUT2D eigenvalue weighted by atomic mass is 9.80. The number of likely N-dealkylation sites (tertiary alicyclic amines) is 1. The molecule has 2 unspecified atom stereocenters. The van der Waals surface area contributed by atoms with Crippen LogP contribution in [-0.2, 0) is 0 Å². The molecule has 1 fully saturated rings. The number of nitrogens with zero attached hydrogens (tertiary/aromatic N) is 1. The van der Waals surface area contributed by atoms with Gasteiger partial charge in [-0.05, 0) is 31.0 Å². The molecule has 124 valence electrons. The van der Waals surface area contributed by atoms with E-state index in [1.165, 1.54) is 0 Å². The van der Waals surface area contributed by atoms with Gasteiger partial charge in [0.1, 0.15) is 0 Å². The molecule has 5 nitrogen and oxygen atoms in total. The van der Waals surface area contributed by atoms with Crippen molar-refractivity contribution in [3.63, 3.8) is 0 Å². The molecule has 1 rings (SSSR count). The van der Waals surface area contributed by atoms with Crippen LogP contribution >= 0.6 is 0 Å². The van der Waals surface area contributed by atoms with Crippen molar-refractivity contribution in [2.75, 3.05) is 13.1 Å². The molecule has 4 N–H and O–H groups in total. The second kappa shape index (κ2) is 9.11. The van der Waals surface area contributed by atoms with Crippen molar-refractivity contribution in [1.29, 1.82) is 0 Å². The van der Waals surface area contributed by atoms with Crippen molar-refractivity contribution in [3.8, 4) is 0 Å². The summed E-state index contributed by atoms with van der Waals surface area (Å²) in [6, 6.07) is 0.490. The molecule has 0 amide bonds. The van der Waals surface area contributed by atoms with E-state index >= 15 is 0 Å². The summed E-state index contributed by atoms with van der Waals surface area (Å²) in [6.45, 7) is 8.26. The molecule has 6 heteroatoms. The third-order valence-corrected chi connectivity index (χ3v) is 5.13. The molecule has 0 bridgehead atoms. The van der Waals surface area contributed by atoms with Gasteiger partial charge in [-0.2, -0.15) is 0 Å². The van der Waals surface area contributed by atoms with Crippen molar-refractivity contribution in [3.05, 3.63) is 0 Å². The minimum absolute atomic E-state index is 0.126. The zero-order valence-electron chi connectivity index (χ0n) is 13.6. The van der Waals surface area contributed by atoms with E-state index in [0.29, 0.717) is 24.7 Å². The van der Waals surface area contributed by atoms with Crippen LogP contribution in [0.5, 0.6) is 0 Å². The number of aliphatic hydroxyl groups excluding tert-OH is 1. The quantitative estimate of drug-likeness (QED) is 0.376. The summed E-state index contributed by atoms with van der Waals surface area (Å²) in [7, 11) is -1.26. The van der Waals surface area contributed by atoms with E-state index in [1.807, 2.05) is 0 Å². The fourth-order valence-electron chi connectivity index (χ4n) is 3.70. The van der Waals surface area contributed by atoms with Crippen LogP contribution in [0.15, 0.2) is 0 Å². The van der Waals surface area contributed by atoms with Crippen LogP contribution in [0.3, 0.4) is 0 Å². The topological polar surface area (TPSA) is 84.2 Å². The highest BCUT2D eigenvalue weighted by Gasteiger charge is 2.39. The molecule has 0 aromatic heterocycles. The van der Waals surface area contributed by atoms with Crippen molar-refractivity contribution >= 4 is 7.12 Å². The van der Waals surface area contributed by atoms with Crippen LogP contribution in [0.2, 0.25) is 6.32 Å². The Bertz CT molecular complexity index is 291. The third-order valence-electron chi connectivity index (χ3n) is 5.13. The van der Waals surface area contributed by atoms with Crippen LogP contribution < -0.4 is 0 Å². The van der Waals surface area contributed by atoms with E-state index < -0.39 is 13.4 Å². The Morgan fingerprint density at radius 3 is 2.29 bits per heavy atom. The Morgan fingerprint density at radius 2 is 1.81 bits per heavy atom. The molecule has 21 heavy (non-hydrogen) atoms. The van der Waals surface area contributed by atoms with Crippen molar-refractivity contribution in [1.82, 2.24) is 4.90 Å². The summed E-state index contributed by atoms with van der Waals surface area (Å²) in [6.07, 6.45) is 2.79. The molecule has 0 aromatic carbocycles. The van der Waals surface area contributed by atoms with Crippen LogP contribution in [0.4, 0.5) is 0 Å². The van der Waals surface area contributed by atoms with Gasteiger partial charge < -0.3 is 20.3 Å². The van der Waals surface area contributed by atoms with Crippen LogP contribution in [0.1, 0.15) is 46.5 Å². The molecule has 0 aliphatic carbocycles. The highest BCUT2D eigenvalue weighted by atomic mass is 16.5. The highest BCUT2D eigenvalue weighted by molar-refractivity contribution is 6.40. The summed E-state index contributed by atoms with van der Waals surface area (Å²) in [5.74, 6) is 0.699. The number of rotatable bonds is 9. The number of hydrogen-bond donors (Lipinski definition) is 4. The van der Waals surface area contributed by atoms with Gasteiger partial charge in [-0.1, -0.05) is 33.6 Å². The molecule has 1 aliphatic heterocycles. The first-order valence-electron chi connectivity index (χ1n) is 8.36. The van der Waals surface area contributed by atoms with Crippen molar-refractivity contribution in [2.24, 2.45) is 17.8 Å². The summed E-state index contributed by atoms with van der Waals surface area (Å²) >= 11 is 0. The van der Waals surface area contributed by atoms with E-state index in [-0.39, 0.29) is 11.8 Å². The standard InChI is InChI=1S/C15H32BNO4/c1-4-11(3)14(5-2)17-9-12(7-6-8-16(20)21)13(10-17)15(18)19/h11-15,18-21H,4-10H2,1-3H3/t11-,12?,13?,14-/m1/s1. The van der Waals surface area contributed by atoms with E-state index in [0.717, 1.165) is 32.4 Å². The summed E-state index contributed by atoms with van der Waals surface area (Å²) < 4.78 is 0. The van der Waals surface area contributed by atoms with E-state index in [1.54, 1.807) is 0 Å². The molecular formula is C15H32BNO4. The van der Waals surface area contributed by atoms with Gasteiger partial charge in [-0.15, -0.1) is 0 Å². The molecule has 1 aliphatic rings. The monoisotopic (exact) mass is 301 g/mol. The predicted molar refractivity (Wildman–Crippen MR) is 84.5 cm³/mol. The molecule has 1 saturated heterocycles. The maximum Gasteiger partial charge on any atom is 0.451 e. The number of hydrogen-bond acceptors (Lipinski definition) is 5. The predicted octanol–water partition coefficient (Wildman–Crippen LogP) is 0.923. The zero-order chi connectivity index (χ0) is 16.0. The van der Waals surface area contributed by atoms with E-state index in [2.05, 4.69) is 25.7 Å². The maximum atomic E-state index is 9.63. The third kappa shape index (κ3) is 5.53. The van der Waals surface area contributed by atoms with Gasteiger partial charge in [0.15, 0.2) is 6.29 Å². The minimum Gasteiger partial charge on any atom is -0.427 e. The Morgan fingerprint density at radius 1 is 1.14 bits per heavy atom. The largest absolute Gasteiger partial charge is 0.451 e. The van der Waals surface area contributed by atoms with Crippen LogP contribution in [-0.4, -0.2) is 57.7 Å². The Hall–Kier alpha value is -0.135. The molecule has 0 saturated carbocycles. The summed E-state index contributed by atoms with van der Waals surface area (Å²) in [4.78, 5) is 2.40. The van der Waals surface area contributed by atoms with Gasteiger partial charge in [-0.25, -0.2) is 0 Å². The summed E-state index contributed by atoms with van der Waals surface area (Å²) in [5.41, 5.74) is 0. The second-order valence-corrected chi connectivity index (χ2v) is 6.56. The Kier molecular flexibility index (Phi) is 8.20. The second-order valence-electron chi connectivity index (χ2n) is 6.56. The Labute approximate surface area is 129 Å². The van der Waals surface area contributed by atoms with Gasteiger partial charge >= 0.3 is 7.12 Å². The lowest BCUT2D eigenvalue weighted by molar-refractivity contribution is -0.0921. The first-order chi connectivity index (χ1) is 9.90. The number of aliphatic hydroxyl groups is 2. The molecule has 1 heterocycles. The zero-order valence-corrected chi connectivity index (χ0v) is 13.6. The van der Waals surface area contributed by atoms with Crippen molar-refractivity contribution < 1.29 is 20.3 Å². The van der Waals surface area contributed by atoms with Crippen LogP contribution in [0, 0.1) is 17.8 Å². The van der Waals surface area contributed by atoms with Gasteiger partial charge in [0.2, 0.25) is 0 Å². The highest BCUT2D eigenvalue weighted by Crippen LogP contribution is 2.33. The van der Waals surface area contributed by atoms with Crippen molar-refractivity contribution in [2.45, 2.75) is 65.1 Å². The smallest absolute Gasteiger partial charge is 0.427 e. The molecular weight excluding hydrogens is 269 g/mol. The fraction of sp³-hybridized carbons (Fsp3) is 1.00. The fourth-order valence-corrected chi connectivity index (χ4v) is 3.70. The van der Waals surface area contributed by atoms with E-state index in [4.69, 9.17) is 10.0 Å². The molecule has 4 atom stereocenters. The van der Waals surface area contributed by atoms with Crippen LogP contribution in [0.25, 0.3) is 0 Å². The molecule has 0 radical (unpaired) electrons. The van der Waals surface area contributed by atoms with Gasteiger partial charge in [0.05, 0.1) is 0 Å². The summed E-state index contributed by atoms with van der Waals surface area (Å²) in [5, 5.41) is 37.1. The molecule has 0 spiro atoms. The first-order valence-corrected chi connectivity index (χ1v) is 8.36. The molecule has 0 aromatic rings. The van der Waals surface area contributed by atoms with E-state index in [9.17, 15) is 10.2 Å². The first kappa shape index (κ1) is 18.9. The van der Waals surface area contributed by atoms with Gasteiger partial charge in [0, 0.05) is 25.0 Å². The lowest BCUT2D eigenvalue weighted by Crippen LogP contribution is -2.38. The Balaban J connectivity index is 2.62. The maximum absolute atomic E-state index is 9.63. The SMILES string of the molecule is CC[C@@H](C)[C@@H](CC)N1CC(CCCB(O)O)C(C(O)O)C1. The lowest BCUT2D eigenvalue weighted by Gasteiger charge is -2.32.